The van der Waals surface area contributed by atoms with Crippen LogP contribution in [0, 0.1) is 11.3 Å². The van der Waals surface area contributed by atoms with E-state index in [4.69, 9.17) is 8.92 Å². The molecule has 1 spiro atoms. The molecule has 2 fully saturated rings. The van der Waals surface area contributed by atoms with Crippen LogP contribution in [0.25, 0.3) is 0 Å². The molecule has 144 valence electrons. The maximum Gasteiger partial charge on any atom is 0.315 e. The monoisotopic (exact) mass is 382 g/mol. The summed E-state index contributed by atoms with van der Waals surface area (Å²) in [6, 6.07) is 7.62. The lowest BCUT2D eigenvalue weighted by Crippen LogP contribution is -2.58. The largest absolute Gasteiger partial charge is 0.497 e. The van der Waals surface area contributed by atoms with Crippen LogP contribution in [0.1, 0.15) is 31.2 Å². The SMILES string of the molecule is COc1ccc(CNC(=O)NC2CC3(CC(COS(C)(=O)=O)C3)C2)cc1. The van der Waals surface area contributed by atoms with Crippen LogP contribution < -0.4 is 15.4 Å². The molecule has 8 heteroatoms. The molecule has 1 aromatic rings. The number of benzene rings is 1. The average molecular weight is 382 g/mol. The molecule has 0 radical (unpaired) electrons. The van der Waals surface area contributed by atoms with Crippen molar-refractivity contribution in [3.63, 3.8) is 0 Å². The van der Waals surface area contributed by atoms with E-state index in [1.165, 1.54) is 0 Å². The molecule has 0 unspecified atom stereocenters. The summed E-state index contributed by atoms with van der Waals surface area (Å²) in [6.45, 7) is 0.750. The minimum Gasteiger partial charge on any atom is -0.497 e. The van der Waals surface area contributed by atoms with Crippen molar-refractivity contribution in [3.8, 4) is 5.75 Å². The second-order valence-corrected chi connectivity index (χ2v) is 9.19. The number of hydrogen-bond donors (Lipinski definition) is 2. The van der Waals surface area contributed by atoms with Crippen LogP contribution >= 0.6 is 0 Å². The third-order valence-corrected chi connectivity index (χ3v) is 5.83. The number of carbonyl (C=O) groups is 1. The van der Waals surface area contributed by atoms with E-state index >= 15 is 0 Å². The smallest absolute Gasteiger partial charge is 0.315 e. The number of hydrogen-bond acceptors (Lipinski definition) is 5. The first-order valence-corrected chi connectivity index (χ1v) is 10.6. The predicted octanol–water partition coefficient (Wildman–Crippen LogP) is 2.03. The molecule has 7 nitrogen and oxygen atoms in total. The van der Waals surface area contributed by atoms with Crippen molar-refractivity contribution in [1.82, 2.24) is 10.6 Å². The summed E-state index contributed by atoms with van der Waals surface area (Å²) in [7, 11) is -1.73. The van der Waals surface area contributed by atoms with Gasteiger partial charge in [-0.3, -0.25) is 4.18 Å². The molecule has 0 heterocycles. The molecular weight excluding hydrogens is 356 g/mol. The van der Waals surface area contributed by atoms with E-state index in [1.807, 2.05) is 24.3 Å². The Bertz CT molecular complexity index is 733. The molecule has 0 atom stereocenters. The van der Waals surface area contributed by atoms with Crippen molar-refractivity contribution < 1.29 is 22.1 Å². The second-order valence-electron chi connectivity index (χ2n) is 7.54. The fourth-order valence-corrected chi connectivity index (χ4v) is 4.53. The topological polar surface area (TPSA) is 93.7 Å². The molecule has 2 aliphatic carbocycles. The molecule has 0 aromatic heterocycles. The summed E-state index contributed by atoms with van der Waals surface area (Å²) in [6.07, 6.45) is 4.95. The molecule has 1 aromatic carbocycles. The van der Waals surface area contributed by atoms with Gasteiger partial charge in [0, 0.05) is 12.6 Å². The van der Waals surface area contributed by atoms with Gasteiger partial charge < -0.3 is 15.4 Å². The lowest BCUT2D eigenvalue weighted by molar-refractivity contribution is -0.0593. The van der Waals surface area contributed by atoms with E-state index in [9.17, 15) is 13.2 Å². The Labute approximate surface area is 154 Å². The van der Waals surface area contributed by atoms with Crippen LogP contribution in [0.3, 0.4) is 0 Å². The Balaban J connectivity index is 1.31. The first-order valence-electron chi connectivity index (χ1n) is 8.79. The van der Waals surface area contributed by atoms with Crippen molar-refractivity contribution in [1.29, 1.82) is 0 Å². The molecule has 26 heavy (non-hydrogen) atoms. The number of ether oxygens (including phenoxy) is 1. The zero-order valence-corrected chi connectivity index (χ0v) is 16.0. The van der Waals surface area contributed by atoms with E-state index < -0.39 is 10.1 Å². The summed E-state index contributed by atoms with van der Waals surface area (Å²) in [5.41, 5.74) is 1.29. The van der Waals surface area contributed by atoms with E-state index in [2.05, 4.69) is 10.6 Å². The van der Waals surface area contributed by atoms with Crippen LogP contribution in [0.15, 0.2) is 24.3 Å². The maximum atomic E-state index is 12.0. The minimum absolute atomic E-state index is 0.156. The van der Waals surface area contributed by atoms with Gasteiger partial charge in [0.1, 0.15) is 5.75 Å². The van der Waals surface area contributed by atoms with Gasteiger partial charge in [-0.05, 0) is 54.7 Å². The van der Waals surface area contributed by atoms with E-state index in [-0.39, 0.29) is 24.1 Å². The molecule has 0 bridgehead atoms. The molecule has 2 saturated carbocycles. The van der Waals surface area contributed by atoms with Gasteiger partial charge in [0.15, 0.2) is 0 Å². The van der Waals surface area contributed by atoms with Crippen LogP contribution in [0.5, 0.6) is 5.75 Å². The number of rotatable bonds is 7. The van der Waals surface area contributed by atoms with Crippen LogP contribution in [0.2, 0.25) is 0 Å². The molecule has 3 rings (SSSR count). The Morgan fingerprint density at radius 2 is 1.85 bits per heavy atom. The zero-order valence-electron chi connectivity index (χ0n) is 15.2. The number of carbonyl (C=O) groups excluding carboxylic acids is 1. The van der Waals surface area contributed by atoms with Crippen molar-refractivity contribution in [2.24, 2.45) is 11.3 Å². The van der Waals surface area contributed by atoms with Crippen LogP contribution in [0.4, 0.5) is 4.79 Å². The second kappa shape index (κ2) is 7.44. The van der Waals surface area contributed by atoms with Gasteiger partial charge >= 0.3 is 6.03 Å². The molecule has 2 N–H and O–H groups in total. The molecule has 2 amide bonds. The summed E-state index contributed by atoms with van der Waals surface area (Å²) < 4.78 is 32.0. The zero-order chi connectivity index (χ0) is 18.8. The fraction of sp³-hybridized carbons (Fsp3) is 0.611. The van der Waals surface area contributed by atoms with E-state index in [0.29, 0.717) is 12.5 Å². The molecular formula is C18H26N2O5S. The highest BCUT2D eigenvalue weighted by atomic mass is 32.2. The molecule has 0 aliphatic heterocycles. The quantitative estimate of drug-likeness (QED) is 0.704. The lowest BCUT2D eigenvalue weighted by atomic mass is 9.50. The van der Waals surface area contributed by atoms with Crippen molar-refractivity contribution in [2.75, 3.05) is 20.0 Å². The van der Waals surface area contributed by atoms with Gasteiger partial charge in [0.2, 0.25) is 0 Å². The minimum atomic E-state index is -3.35. The highest BCUT2D eigenvalue weighted by Crippen LogP contribution is 2.58. The van der Waals surface area contributed by atoms with Crippen molar-refractivity contribution in [3.05, 3.63) is 29.8 Å². The predicted molar refractivity (Wildman–Crippen MR) is 97.3 cm³/mol. The Hall–Kier alpha value is -1.80. The first kappa shape index (κ1) is 19.0. The van der Waals surface area contributed by atoms with Gasteiger partial charge in [0.05, 0.1) is 20.0 Å². The van der Waals surface area contributed by atoms with Gasteiger partial charge in [0.25, 0.3) is 10.1 Å². The van der Waals surface area contributed by atoms with Gasteiger partial charge in [-0.2, -0.15) is 8.42 Å². The average Bonchev–Trinajstić information content (AvgIpc) is 2.52. The van der Waals surface area contributed by atoms with Gasteiger partial charge in [-0.1, -0.05) is 12.1 Å². The maximum absolute atomic E-state index is 12.0. The standard InChI is InChI=1S/C18H26N2O5S/c1-24-16-5-3-13(4-6-16)11-19-17(21)20-15-9-18(10-15)7-14(8-18)12-25-26(2,22)23/h3-6,14-15H,7-12H2,1-2H3,(H2,19,20,21). The van der Waals surface area contributed by atoms with Crippen LogP contribution in [-0.2, 0) is 20.8 Å². The van der Waals surface area contributed by atoms with Crippen molar-refractivity contribution in [2.45, 2.75) is 38.3 Å². The number of urea groups is 1. The van der Waals surface area contributed by atoms with E-state index in [0.717, 1.165) is 43.3 Å². The highest BCUT2D eigenvalue weighted by Gasteiger charge is 2.53. The highest BCUT2D eigenvalue weighted by molar-refractivity contribution is 7.85. The fourth-order valence-electron chi connectivity index (χ4n) is 4.09. The summed E-state index contributed by atoms with van der Waals surface area (Å²) in [5.74, 6) is 1.10. The number of methoxy groups -OCH3 is 1. The summed E-state index contributed by atoms with van der Waals surface area (Å²) >= 11 is 0. The third-order valence-electron chi connectivity index (χ3n) is 5.27. The molecule has 0 saturated heterocycles. The first-order chi connectivity index (χ1) is 12.3. The van der Waals surface area contributed by atoms with Gasteiger partial charge in [-0.15, -0.1) is 0 Å². The Morgan fingerprint density at radius 1 is 1.19 bits per heavy atom. The summed E-state index contributed by atoms with van der Waals surface area (Å²) in [5, 5.41) is 5.87. The van der Waals surface area contributed by atoms with Crippen LogP contribution in [-0.4, -0.2) is 40.5 Å². The summed E-state index contributed by atoms with van der Waals surface area (Å²) in [4.78, 5) is 12.0. The van der Waals surface area contributed by atoms with E-state index in [1.54, 1.807) is 7.11 Å². The normalized spacial score (nSPS) is 27.3. The Kier molecular flexibility index (Phi) is 5.43. The van der Waals surface area contributed by atoms with Gasteiger partial charge in [-0.25, -0.2) is 4.79 Å². The molecule has 2 aliphatic rings. The van der Waals surface area contributed by atoms with Crippen molar-refractivity contribution >= 4 is 16.1 Å². The third kappa shape index (κ3) is 4.88. The number of nitrogens with one attached hydrogen (secondary N) is 2. The Morgan fingerprint density at radius 3 is 2.42 bits per heavy atom. The number of amides is 2. The lowest BCUT2D eigenvalue weighted by Gasteiger charge is -2.57.